The van der Waals surface area contributed by atoms with Gasteiger partial charge in [0, 0.05) is 10.8 Å². The molecule has 5 rings (SSSR count). The first-order valence-corrected chi connectivity index (χ1v) is 7.71. The molecule has 1 N–H and O–H groups in total. The van der Waals surface area contributed by atoms with Gasteiger partial charge in [-0.3, -0.25) is 4.40 Å². The van der Waals surface area contributed by atoms with Crippen LogP contribution in [0.15, 0.2) is 66.7 Å². The van der Waals surface area contributed by atoms with Gasteiger partial charge < -0.3 is 9.68 Å². The molecule has 0 aliphatic heterocycles. The Hall–Kier alpha value is -3.05. The number of aromatic nitrogens is 2. The van der Waals surface area contributed by atoms with Crippen molar-refractivity contribution in [3.63, 3.8) is 0 Å². The molecular formula is C19H12BN2O2. The second kappa shape index (κ2) is 4.98. The van der Waals surface area contributed by atoms with Crippen molar-refractivity contribution in [2.45, 2.75) is 0 Å². The van der Waals surface area contributed by atoms with E-state index in [-0.39, 0.29) is 0 Å². The first-order chi connectivity index (χ1) is 11.9. The van der Waals surface area contributed by atoms with Crippen LogP contribution in [0.25, 0.3) is 38.4 Å². The number of pyridine rings is 1. The molecule has 0 fully saturated rings. The van der Waals surface area contributed by atoms with Crippen LogP contribution < -0.4 is 4.65 Å². The monoisotopic (exact) mass is 311 g/mol. The van der Waals surface area contributed by atoms with E-state index < -0.39 is 0 Å². The summed E-state index contributed by atoms with van der Waals surface area (Å²) >= 11 is 0. The van der Waals surface area contributed by atoms with Crippen LogP contribution in [0.5, 0.6) is 5.75 Å². The molecule has 4 nitrogen and oxygen atoms in total. The molecule has 2 heterocycles. The Balaban J connectivity index is 2.07. The Morgan fingerprint density at radius 1 is 0.833 bits per heavy atom. The van der Waals surface area contributed by atoms with Crippen LogP contribution in [0.2, 0.25) is 0 Å². The van der Waals surface area contributed by atoms with Crippen molar-refractivity contribution in [2.75, 3.05) is 0 Å². The Morgan fingerprint density at radius 2 is 1.62 bits per heavy atom. The zero-order chi connectivity index (χ0) is 16.1. The zero-order valence-corrected chi connectivity index (χ0v) is 12.7. The molecule has 0 amide bonds. The van der Waals surface area contributed by atoms with E-state index in [1.807, 2.05) is 48.5 Å². The fraction of sp³-hybridized carbons (Fsp3) is 0. The maximum atomic E-state index is 8.91. The molecule has 113 valence electrons. The molecular weight excluding hydrogens is 299 g/mol. The Morgan fingerprint density at radius 3 is 2.50 bits per heavy atom. The lowest BCUT2D eigenvalue weighted by Crippen LogP contribution is -1.99. The molecule has 1 radical (unpaired) electrons. The summed E-state index contributed by atoms with van der Waals surface area (Å²) in [4.78, 5) is 4.83. The van der Waals surface area contributed by atoms with Crippen LogP contribution in [0.3, 0.4) is 0 Å². The summed E-state index contributed by atoms with van der Waals surface area (Å²) < 4.78 is 7.34. The van der Waals surface area contributed by atoms with Crippen molar-refractivity contribution in [1.29, 1.82) is 0 Å². The van der Waals surface area contributed by atoms with E-state index in [1.54, 1.807) is 0 Å². The van der Waals surface area contributed by atoms with Crippen molar-refractivity contribution in [3.8, 4) is 5.75 Å². The molecule has 5 heteroatoms. The minimum atomic E-state index is 0.593. The number of hydrogen-bond acceptors (Lipinski definition) is 3. The van der Waals surface area contributed by atoms with Crippen LogP contribution in [0.1, 0.15) is 0 Å². The van der Waals surface area contributed by atoms with E-state index in [0.29, 0.717) is 13.4 Å². The van der Waals surface area contributed by atoms with Gasteiger partial charge in [0.1, 0.15) is 11.4 Å². The molecule has 24 heavy (non-hydrogen) atoms. The Kier molecular flexibility index (Phi) is 2.78. The van der Waals surface area contributed by atoms with Crippen LogP contribution in [-0.2, 0) is 0 Å². The molecule has 0 aliphatic rings. The average molecular weight is 311 g/mol. The number of nitrogens with zero attached hydrogens (tertiary/aromatic N) is 2. The van der Waals surface area contributed by atoms with Crippen molar-refractivity contribution in [2.24, 2.45) is 0 Å². The summed E-state index contributed by atoms with van der Waals surface area (Å²) in [6.45, 7) is 0. The Labute approximate surface area is 138 Å². The normalized spacial score (nSPS) is 11.5. The maximum absolute atomic E-state index is 8.91. The summed E-state index contributed by atoms with van der Waals surface area (Å²) in [6, 6.07) is 22.2. The smallest absolute Gasteiger partial charge is 0.537 e. The van der Waals surface area contributed by atoms with Gasteiger partial charge in [0.05, 0.1) is 16.6 Å². The number of imidazole rings is 1. The van der Waals surface area contributed by atoms with Crippen molar-refractivity contribution < 1.29 is 9.68 Å². The molecule has 0 aliphatic carbocycles. The van der Waals surface area contributed by atoms with Gasteiger partial charge in [-0.15, -0.1) is 0 Å². The van der Waals surface area contributed by atoms with Gasteiger partial charge in [0.2, 0.25) is 0 Å². The standard InChI is InChI=1S/C19H12BN2O2/c23-20-24-12-9-10-14-15(11-12)13-5-1-3-7-17(13)22-18-8-4-2-6-16(18)21-19(14)22/h1-11,23H. The van der Waals surface area contributed by atoms with Crippen LogP contribution in [-0.4, -0.2) is 22.1 Å². The highest BCUT2D eigenvalue weighted by molar-refractivity contribution is 6.18. The highest BCUT2D eigenvalue weighted by Crippen LogP contribution is 2.33. The number of para-hydroxylation sites is 3. The summed E-state index contributed by atoms with van der Waals surface area (Å²) in [6.07, 6.45) is 0. The van der Waals surface area contributed by atoms with Gasteiger partial charge in [-0.2, -0.15) is 0 Å². The summed E-state index contributed by atoms with van der Waals surface area (Å²) in [5.41, 5.74) is 4.08. The molecule has 0 bridgehead atoms. The van der Waals surface area contributed by atoms with Gasteiger partial charge in [0.15, 0.2) is 0 Å². The molecule has 5 aromatic rings. The second-order valence-electron chi connectivity index (χ2n) is 5.71. The van der Waals surface area contributed by atoms with Crippen molar-refractivity contribution in [1.82, 2.24) is 9.38 Å². The quantitative estimate of drug-likeness (QED) is 0.399. The fourth-order valence-corrected chi connectivity index (χ4v) is 3.42. The van der Waals surface area contributed by atoms with Crippen LogP contribution in [0.4, 0.5) is 0 Å². The summed E-state index contributed by atoms with van der Waals surface area (Å²) in [5, 5.41) is 12.1. The lowest BCUT2D eigenvalue weighted by atomic mass is 10.1. The number of hydrogen-bond donors (Lipinski definition) is 1. The molecule has 2 aromatic heterocycles. The maximum Gasteiger partial charge on any atom is 0.569 e. The van der Waals surface area contributed by atoms with Gasteiger partial charge in [-0.05, 0) is 41.8 Å². The van der Waals surface area contributed by atoms with E-state index in [9.17, 15) is 0 Å². The van der Waals surface area contributed by atoms with E-state index in [2.05, 4.69) is 22.6 Å². The van der Waals surface area contributed by atoms with Crippen molar-refractivity contribution >= 4 is 46.0 Å². The van der Waals surface area contributed by atoms with Crippen molar-refractivity contribution in [3.05, 3.63) is 66.7 Å². The first-order valence-electron chi connectivity index (χ1n) is 7.71. The van der Waals surface area contributed by atoms with Crippen LogP contribution >= 0.6 is 0 Å². The van der Waals surface area contributed by atoms with Crippen LogP contribution in [0, 0.1) is 0 Å². The van der Waals surface area contributed by atoms with Gasteiger partial charge >= 0.3 is 7.69 Å². The highest BCUT2D eigenvalue weighted by Gasteiger charge is 2.13. The van der Waals surface area contributed by atoms with Gasteiger partial charge in [0.25, 0.3) is 0 Å². The van der Waals surface area contributed by atoms with E-state index in [1.165, 1.54) is 0 Å². The minimum absolute atomic E-state index is 0.593. The van der Waals surface area contributed by atoms with Gasteiger partial charge in [-0.1, -0.05) is 30.3 Å². The minimum Gasteiger partial charge on any atom is -0.537 e. The predicted molar refractivity (Wildman–Crippen MR) is 96.3 cm³/mol. The number of fused-ring (bicyclic) bond motifs is 8. The summed E-state index contributed by atoms with van der Waals surface area (Å²) in [7, 11) is 0.700. The Bertz CT molecular complexity index is 1230. The molecule has 3 aromatic carbocycles. The lowest BCUT2D eigenvalue weighted by molar-refractivity contribution is 0.454. The number of rotatable bonds is 2. The van der Waals surface area contributed by atoms with E-state index >= 15 is 0 Å². The molecule has 0 atom stereocenters. The molecule has 0 saturated heterocycles. The predicted octanol–water partition coefficient (Wildman–Crippen LogP) is 3.70. The largest absolute Gasteiger partial charge is 0.569 e. The third-order valence-corrected chi connectivity index (χ3v) is 4.42. The summed E-state index contributed by atoms with van der Waals surface area (Å²) in [5.74, 6) is 0.593. The van der Waals surface area contributed by atoms with Gasteiger partial charge in [-0.25, -0.2) is 4.98 Å². The number of benzene rings is 3. The molecule has 0 unspecified atom stereocenters. The second-order valence-corrected chi connectivity index (χ2v) is 5.71. The lowest BCUT2D eigenvalue weighted by Gasteiger charge is -2.10. The highest BCUT2D eigenvalue weighted by atomic mass is 16.5. The third-order valence-electron chi connectivity index (χ3n) is 4.42. The topological polar surface area (TPSA) is 46.8 Å². The zero-order valence-electron chi connectivity index (χ0n) is 12.7. The SMILES string of the molecule is O[B]Oc1ccc2c(c1)c1ccccc1n1c3ccccc3nc21. The van der Waals surface area contributed by atoms with E-state index in [4.69, 9.17) is 14.7 Å². The van der Waals surface area contributed by atoms with E-state index in [0.717, 1.165) is 38.4 Å². The third kappa shape index (κ3) is 1.76. The average Bonchev–Trinajstić information content (AvgIpc) is 3.02. The molecule has 0 saturated carbocycles. The first kappa shape index (κ1) is 13.4. The fourth-order valence-electron chi connectivity index (χ4n) is 3.42. The molecule has 0 spiro atoms.